The number of hydrogen-bond donors (Lipinski definition) is 1. The highest BCUT2D eigenvalue weighted by Gasteiger charge is 2.33. The number of aliphatic hydroxyl groups is 1. The first kappa shape index (κ1) is 11.5. The third kappa shape index (κ3) is 3.29. The van der Waals surface area contributed by atoms with Gasteiger partial charge in [0, 0.05) is 13.3 Å². The molecule has 1 unspecified atom stereocenters. The molecule has 3 heteroatoms. The topological polar surface area (TPSA) is 46.5 Å². The lowest BCUT2D eigenvalue weighted by molar-refractivity contribution is -0.142. The fourth-order valence-corrected chi connectivity index (χ4v) is 2.15. The van der Waals surface area contributed by atoms with Crippen LogP contribution >= 0.6 is 0 Å². The predicted octanol–water partition coefficient (Wildman–Crippen LogP) is 1.88. The first-order chi connectivity index (χ1) is 6.52. The Hall–Kier alpha value is -0.570. The maximum Gasteiger partial charge on any atom is 0.302 e. The summed E-state index contributed by atoms with van der Waals surface area (Å²) < 4.78 is 4.84. The second kappa shape index (κ2) is 4.78. The van der Waals surface area contributed by atoms with Crippen molar-refractivity contribution in [3.63, 3.8) is 0 Å². The van der Waals surface area contributed by atoms with E-state index >= 15 is 0 Å². The number of hydrogen-bond acceptors (Lipinski definition) is 3. The zero-order chi connectivity index (χ0) is 10.6. The summed E-state index contributed by atoms with van der Waals surface area (Å²) in [6.07, 6.45) is 5.19. The molecule has 1 rings (SSSR count). The van der Waals surface area contributed by atoms with E-state index in [0.29, 0.717) is 18.9 Å². The molecule has 0 spiro atoms. The minimum Gasteiger partial charge on any atom is -0.466 e. The highest BCUT2D eigenvalue weighted by Crippen LogP contribution is 2.35. The summed E-state index contributed by atoms with van der Waals surface area (Å²) in [6.45, 7) is 3.58. The standard InChI is InChI=1S/C11H20O3/c1-9(12)14-8-7-11(2,13)10-5-3-4-6-10/h10,13H,3-8H2,1-2H3. The third-order valence-corrected chi connectivity index (χ3v) is 3.15. The summed E-state index contributed by atoms with van der Waals surface area (Å²) in [5.41, 5.74) is -0.661. The van der Waals surface area contributed by atoms with Crippen molar-refractivity contribution < 1.29 is 14.6 Å². The lowest BCUT2D eigenvalue weighted by Gasteiger charge is -2.29. The Morgan fingerprint density at radius 1 is 1.50 bits per heavy atom. The molecular weight excluding hydrogens is 180 g/mol. The van der Waals surface area contributed by atoms with Crippen LogP contribution in [-0.4, -0.2) is 23.3 Å². The molecule has 1 aliphatic rings. The molecule has 82 valence electrons. The van der Waals surface area contributed by atoms with E-state index in [0.717, 1.165) is 12.8 Å². The first-order valence-corrected chi connectivity index (χ1v) is 5.38. The molecule has 0 bridgehead atoms. The van der Waals surface area contributed by atoms with Crippen molar-refractivity contribution >= 4 is 5.97 Å². The zero-order valence-electron chi connectivity index (χ0n) is 9.08. The second-order valence-corrected chi connectivity index (χ2v) is 4.43. The fraction of sp³-hybridized carbons (Fsp3) is 0.909. The van der Waals surface area contributed by atoms with E-state index in [1.54, 1.807) is 0 Å². The van der Waals surface area contributed by atoms with E-state index in [1.807, 2.05) is 6.92 Å². The molecule has 0 heterocycles. The summed E-state index contributed by atoms with van der Waals surface area (Å²) in [7, 11) is 0. The van der Waals surface area contributed by atoms with E-state index in [-0.39, 0.29) is 5.97 Å². The number of carbonyl (C=O) groups is 1. The minimum absolute atomic E-state index is 0.271. The van der Waals surface area contributed by atoms with Gasteiger partial charge in [-0.05, 0) is 25.7 Å². The van der Waals surface area contributed by atoms with Gasteiger partial charge < -0.3 is 9.84 Å². The average Bonchev–Trinajstić information content (AvgIpc) is 2.54. The lowest BCUT2D eigenvalue weighted by Crippen LogP contribution is -2.34. The van der Waals surface area contributed by atoms with Gasteiger partial charge in [0.2, 0.25) is 0 Å². The lowest BCUT2D eigenvalue weighted by atomic mass is 9.85. The predicted molar refractivity (Wildman–Crippen MR) is 53.8 cm³/mol. The van der Waals surface area contributed by atoms with Crippen LogP contribution < -0.4 is 0 Å². The maximum atomic E-state index is 10.5. The highest BCUT2D eigenvalue weighted by atomic mass is 16.5. The summed E-state index contributed by atoms with van der Waals surface area (Å²) >= 11 is 0. The Morgan fingerprint density at radius 2 is 2.07 bits per heavy atom. The van der Waals surface area contributed by atoms with E-state index in [9.17, 15) is 9.90 Å². The summed E-state index contributed by atoms with van der Waals surface area (Å²) in [5, 5.41) is 10.1. The van der Waals surface area contributed by atoms with Crippen LogP contribution in [0.15, 0.2) is 0 Å². The Kier molecular flexibility index (Phi) is 3.93. The Balaban J connectivity index is 2.29. The van der Waals surface area contributed by atoms with Gasteiger partial charge in [-0.2, -0.15) is 0 Å². The number of esters is 1. The van der Waals surface area contributed by atoms with Crippen LogP contribution in [0.4, 0.5) is 0 Å². The molecular formula is C11H20O3. The van der Waals surface area contributed by atoms with E-state index in [1.165, 1.54) is 19.8 Å². The highest BCUT2D eigenvalue weighted by molar-refractivity contribution is 5.65. The zero-order valence-corrected chi connectivity index (χ0v) is 9.08. The Morgan fingerprint density at radius 3 is 2.57 bits per heavy atom. The van der Waals surface area contributed by atoms with Gasteiger partial charge in [-0.25, -0.2) is 0 Å². The van der Waals surface area contributed by atoms with Crippen molar-refractivity contribution in [3.8, 4) is 0 Å². The molecule has 0 saturated heterocycles. The van der Waals surface area contributed by atoms with Crippen LogP contribution in [0, 0.1) is 5.92 Å². The van der Waals surface area contributed by atoms with Crippen LogP contribution in [0.3, 0.4) is 0 Å². The Bertz CT molecular complexity index is 193. The van der Waals surface area contributed by atoms with Gasteiger partial charge in [0.25, 0.3) is 0 Å². The molecule has 0 aromatic carbocycles. The van der Waals surface area contributed by atoms with Crippen LogP contribution in [0.1, 0.15) is 46.0 Å². The van der Waals surface area contributed by atoms with Gasteiger partial charge >= 0.3 is 5.97 Å². The first-order valence-electron chi connectivity index (χ1n) is 5.38. The molecule has 0 radical (unpaired) electrons. The summed E-state index contributed by atoms with van der Waals surface area (Å²) in [6, 6.07) is 0. The molecule has 0 aromatic heterocycles. The van der Waals surface area contributed by atoms with Gasteiger partial charge in [0.1, 0.15) is 0 Å². The van der Waals surface area contributed by atoms with Gasteiger partial charge in [0.05, 0.1) is 12.2 Å². The molecule has 1 aliphatic carbocycles. The number of rotatable bonds is 4. The third-order valence-electron chi connectivity index (χ3n) is 3.15. The van der Waals surface area contributed by atoms with E-state index in [4.69, 9.17) is 4.74 Å². The molecule has 0 aromatic rings. The quantitative estimate of drug-likeness (QED) is 0.705. The van der Waals surface area contributed by atoms with Crippen molar-refractivity contribution in [3.05, 3.63) is 0 Å². The SMILES string of the molecule is CC(=O)OCCC(C)(O)C1CCCC1. The minimum atomic E-state index is -0.661. The molecule has 14 heavy (non-hydrogen) atoms. The summed E-state index contributed by atoms with van der Waals surface area (Å²) in [4.78, 5) is 10.5. The van der Waals surface area contributed by atoms with E-state index in [2.05, 4.69) is 0 Å². The molecule has 0 aliphatic heterocycles. The van der Waals surface area contributed by atoms with Gasteiger partial charge in [0.15, 0.2) is 0 Å². The maximum absolute atomic E-state index is 10.5. The molecule has 1 saturated carbocycles. The van der Waals surface area contributed by atoms with Crippen LogP contribution in [-0.2, 0) is 9.53 Å². The van der Waals surface area contributed by atoms with Crippen LogP contribution in [0.2, 0.25) is 0 Å². The van der Waals surface area contributed by atoms with Crippen molar-refractivity contribution in [1.29, 1.82) is 0 Å². The number of carbonyl (C=O) groups excluding carboxylic acids is 1. The van der Waals surface area contributed by atoms with Crippen molar-refractivity contribution in [2.75, 3.05) is 6.61 Å². The van der Waals surface area contributed by atoms with Crippen LogP contribution in [0.25, 0.3) is 0 Å². The van der Waals surface area contributed by atoms with Crippen molar-refractivity contribution in [2.45, 2.75) is 51.6 Å². The number of ether oxygens (including phenoxy) is 1. The smallest absolute Gasteiger partial charge is 0.302 e. The molecule has 3 nitrogen and oxygen atoms in total. The van der Waals surface area contributed by atoms with Gasteiger partial charge in [-0.15, -0.1) is 0 Å². The van der Waals surface area contributed by atoms with Gasteiger partial charge in [-0.3, -0.25) is 4.79 Å². The van der Waals surface area contributed by atoms with Crippen molar-refractivity contribution in [1.82, 2.24) is 0 Å². The summed E-state index contributed by atoms with van der Waals surface area (Å²) in [5.74, 6) is 0.116. The Labute approximate surface area is 85.5 Å². The molecule has 1 fully saturated rings. The largest absolute Gasteiger partial charge is 0.466 e. The van der Waals surface area contributed by atoms with Gasteiger partial charge in [-0.1, -0.05) is 12.8 Å². The van der Waals surface area contributed by atoms with Crippen molar-refractivity contribution in [2.24, 2.45) is 5.92 Å². The second-order valence-electron chi connectivity index (χ2n) is 4.43. The monoisotopic (exact) mass is 200 g/mol. The molecule has 1 N–H and O–H groups in total. The molecule has 0 amide bonds. The normalized spacial score (nSPS) is 21.9. The fourth-order valence-electron chi connectivity index (χ4n) is 2.15. The van der Waals surface area contributed by atoms with Crippen LogP contribution in [0.5, 0.6) is 0 Å². The van der Waals surface area contributed by atoms with E-state index < -0.39 is 5.60 Å². The molecule has 1 atom stereocenters. The average molecular weight is 200 g/mol.